The summed E-state index contributed by atoms with van der Waals surface area (Å²) in [5.74, 6) is 0.494. The summed E-state index contributed by atoms with van der Waals surface area (Å²) >= 11 is 0. The topological polar surface area (TPSA) is 68.0 Å². The Morgan fingerprint density at radius 1 is 1.00 bits per heavy atom. The van der Waals surface area contributed by atoms with E-state index >= 15 is 0 Å². The summed E-state index contributed by atoms with van der Waals surface area (Å²) < 4.78 is 5.74. The van der Waals surface area contributed by atoms with Gasteiger partial charge in [0.25, 0.3) is 5.91 Å². The highest BCUT2D eigenvalue weighted by molar-refractivity contribution is 6.04. The van der Waals surface area contributed by atoms with E-state index in [1.165, 1.54) is 6.20 Å². The van der Waals surface area contributed by atoms with E-state index in [4.69, 9.17) is 4.42 Å². The Labute approximate surface area is 144 Å². The third kappa shape index (κ3) is 3.40. The molecule has 1 N–H and O–H groups in total. The van der Waals surface area contributed by atoms with Crippen LogP contribution in [0.4, 0.5) is 5.69 Å². The van der Waals surface area contributed by atoms with E-state index in [1.54, 1.807) is 18.3 Å². The van der Waals surface area contributed by atoms with Crippen LogP contribution in [0.3, 0.4) is 0 Å². The van der Waals surface area contributed by atoms with Gasteiger partial charge in [-0.3, -0.25) is 9.78 Å². The zero-order valence-electron chi connectivity index (χ0n) is 13.3. The fraction of sp³-hybridized carbons (Fsp3) is 0.0500. The molecule has 2 heterocycles. The van der Waals surface area contributed by atoms with Gasteiger partial charge in [0.05, 0.1) is 5.56 Å². The average Bonchev–Trinajstić information content (AvgIpc) is 3.06. The number of nitrogens with zero attached hydrogens (tertiary/aromatic N) is 2. The lowest BCUT2D eigenvalue weighted by Crippen LogP contribution is -2.11. The zero-order chi connectivity index (χ0) is 17.1. The molecule has 4 aromatic rings. The number of pyridine rings is 1. The first-order chi connectivity index (χ1) is 12.3. The van der Waals surface area contributed by atoms with Crippen molar-refractivity contribution < 1.29 is 9.21 Å². The molecule has 4 rings (SSSR count). The lowest BCUT2D eigenvalue weighted by atomic mass is 10.1. The maximum Gasteiger partial charge on any atom is 0.257 e. The third-order valence-electron chi connectivity index (χ3n) is 3.83. The van der Waals surface area contributed by atoms with Crippen molar-refractivity contribution in [2.45, 2.75) is 6.42 Å². The van der Waals surface area contributed by atoms with Crippen LogP contribution in [-0.4, -0.2) is 15.9 Å². The van der Waals surface area contributed by atoms with Gasteiger partial charge in [-0.05, 0) is 42.0 Å². The van der Waals surface area contributed by atoms with Gasteiger partial charge < -0.3 is 9.73 Å². The van der Waals surface area contributed by atoms with Gasteiger partial charge in [-0.25, -0.2) is 4.98 Å². The fourth-order valence-electron chi connectivity index (χ4n) is 2.58. The molecule has 0 unspecified atom stereocenters. The van der Waals surface area contributed by atoms with E-state index in [9.17, 15) is 4.79 Å². The van der Waals surface area contributed by atoms with Crippen molar-refractivity contribution in [3.63, 3.8) is 0 Å². The Bertz CT molecular complexity index is 975. The first-order valence-corrected chi connectivity index (χ1v) is 7.93. The molecule has 2 aromatic heterocycles. The number of oxazole rings is 1. The van der Waals surface area contributed by atoms with Crippen LogP contribution in [0.5, 0.6) is 0 Å². The summed E-state index contributed by atoms with van der Waals surface area (Å²) in [7, 11) is 0. The van der Waals surface area contributed by atoms with Gasteiger partial charge in [0.2, 0.25) is 0 Å². The number of anilines is 1. The molecule has 0 bridgehead atoms. The maximum absolute atomic E-state index is 12.1. The van der Waals surface area contributed by atoms with Crippen molar-refractivity contribution in [2.75, 3.05) is 5.32 Å². The second-order valence-corrected chi connectivity index (χ2v) is 5.64. The minimum absolute atomic E-state index is 0.181. The molecule has 0 saturated heterocycles. The van der Waals surface area contributed by atoms with Crippen molar-refractivity contribution in [1.29, 1.82) is 0 Å². The molecule has 0 radical (unpaired) electrons. The van der Waals surface area contributed by atoms with Crippen molar-refractivity contribution in [3.8, 4) is 0 Å². The summed E-state index contributed by atoms with van der Waals surface area (Å²) in [6.07, 6.45) is 3.78. The summed E-state index contributed by atoms with van der Waals surface area (Å²) in [6.45, 7) is 0. The fourth-order valence-corrected chi connectivity index (χ4v) is 2.58. The van der Waals surface area contributed by atoms with Crippen LogP contribution in [0.15, 0.2) is 77.5 Å². The van der Waals surface area contributed by atoms with E-state index in [0.29, 0.717) is 17.9 Å². The normalized spacial score (nSPS) is 10.7. The van der Waals surface area contributed by atoms with Gasteiger partial charge in [-0.15, -0.1) is 0 Å². The predicted molar refractivity (Wildman–Crippen MR) is 95.4 cm³/mol. The van der Waals surface area contributed by atoms with E-state index in [2.05, 4.69) is 15.3 Å². The number of para-hydroxylation sites is 2. The molecular formula is C20H15N3O2. The third-order valence-corrected chi connectivity index (χ3v) is 3.83. The summed E-state index contributed by atoms with van der Waals surface area (Å²) in [6, 6.07) is 18.8. The van der Waals surface area contributed by atoms with E-state index < -0.39 is 0 Å². The van der Waals surface area contributed by atoms with Crippen LogP contribution in [0.1, 0.15) is 21.8 Å². The molecule has 0 atom stereocenters. The standard InChI is InChI=1S/C20H15N3O2/c24-20(15-4-3-11-21-13-15)22-16-9-7-14(8-10-16)12-19-23-17-5-1-2-6-18(17)25-19/h1-11,13H,12H2,(H,22,24). The lowest BCUT2D eigenvalue weighted by molar-refractivity contribution is 0.102. The molecule has 25 heavy (non-hydrogen) atoms. The van der Waals surface area contributed by atoms with Crippen molar-refractivity contribution in [2.24, 2.45) is 0 Å². The molecule has 0 fully saturated rings. The Balaban J connectivity index is 1.45. The van der Waals surface area contributed by atoms with Crippen LogP contribution < -0.4 is 5.32 Å². The number of hydrogen-bond donors (Lipinski definition) is 1. The molecule has 5 heteroatoms. The van der Waals surface area contributed by atoms with Crippen molar-refractivity contribution in [3.05, 3.63) is 90.1 Å². The van der Waals surface area contributed by atoms with Crippen molar-refractivity contribution >= 4 is 22.7 Å². The molecule has 1 amide bonds. The highest BCUT2D eigenvalue weighted by atomic mass is 16.3. The summed E-state index contributed by atoms with van der Waals surface area (Å²) in [5, 5.41) is 2.85. The quantitative estimate of drug-likeness (QED) is 0.613. The average molecular weight is 329 g/mol. The Morgan fingerprint density at radius 3 is 2.60 bits per heavy atom. The first kappa shape index (κ1) is 15.1. The highest BCUT2D eigenvalue weighted by Gasteiger charge is 2.08. The smallest absolute Gasteiger partial charge is 0.257 e. The number of amides is 1. The minimum Gasteiger partial charge on any atom is -0.440 e. The SMILES string of the molecule is O=C(Nc1ccc(Cc2nc3ccccc3o2)cc1)c1cccnc1. The molecule has 0 aliphatic heterocycles. The number of aromatic nitrogens is 2. The number of benzene rings is 2. The second kappa shape index (κ2) is 6.57. The molecule has 0 saturated carbocycles. The van der Waals surface area contributed by atoms with Crippen molar-refractivity contribution in [1.82, 2.24) is 9.97 Å². The van der Waals surface area contributed by atoms with E-state index in [-0.39, 0.29) is 5.91 Å². The van der Waals surface area contributed by atoms with Gasteiger partial charge in [-0.2, -0.15) is 0 Å². The Kier molecular flexibility index (Phi) is 3.96. The van der Waals surface area contributed by atoms with Gasteiger partial charge in [0, 0.05) is 24.5 Å². The Hall–Kier alpha value is -3.47. The van der Waals surface area contributed by atoms with Crippen LogP contribution in [0.2, 0.25) is 0 Å². The monoisotopic (exact) mass is 329 g/mol. The van der Waals surface area contributed by atoms with Crippen LogP contribution in [0, 0.1) is 0 Å². The van der Waals surface area contributed by atoms with E-state index in [0.717, 1.165) is 22.4 Å². The van der Waals surface area contributed by atoms with Crippen LogP contribution in [-0.2, 0) is 6.42 Å². The molecular weight excluding hydrogens is 314 g/mol. The molecule has 122 valence electrons. The number of hydrogen-bond acceptors (Lipinski definition) is 4. The number of carbonyl (C=O) groups is 1. The zero-order valence-corrected chi connectivity index (χ0v) is 13.3. The van der Waals surface area contributed by atoms with Crippen LogP contribution in [0.25, 0.3) is 11.1 Å². The minimum atomic E-state index is -0.181. The van der Waals surface area contributed by atoms with Gasteiger partial charge >= 0.3 is 0 Å². The summed E-state index contributed by atoms with van der Waals surface area (Å²) in [5.41, 5.74) is 3.97. The number of rotatable bonds is 4. The number of nitrogens with one attached hydrogen (secondary N) is 1. The van der Waals surface area contributed by atoms with E-state index in [1.807, 2.05) is 48.5 Å². The van der Waals surface area contributed by atoms with Gasteiger partial charge in [-0.1, -0.05) is 24.3 Å². The molecule has 0 aliphatic rings. The second-order valence-electron chi connectivity index (χ2n) is 5.64. The molecule has 0 aliphatic carbocycles. The maximum atomic E-state index is 12.1. The first-order valence-electron chi connectivity index (χ1n) is 7.93. The lowest BCUT2D eigenvalue weighted by Gasteiger charge is -2.05. The predicted octanol–water partition coefficient (Wildman–Crippen LogP) is 4.07. The molecule has 0 spiro atoms. The molecule has 2 aromatic carbocycles. The van der Waals surface area contributed by atoms with Gasteiger partial charge in [0.15, 0.2) is 11.5 Å². The summed E-state index contributed by atoms with van der Waals surface area (Å²) in [4.78, 5) is 20.5. The molecule has 5 nitrogen and oxygen atoms in total. The number of carbonyl (C=O) groups excluding carboxylic acids is 1. The largest absolute Gasteiger partial charge is 0.440 e. The van der Waals surface area contributed by atoms with Gasteiger partial charge in [0.1, 0.15) is 5.52 Å². The highest BCUT2D eigenvalue weighted by Crippen LogP contribution is 2.18. The van der Waals surface area contributed by atoms with Crippen LogP contribution >= 0.6 is 0 Å². The number of fused-ring (bicyclic) bond motifs is 1. The Morgan fingerprint density at radius 2 is 1.84 bits per heavy atom.